The molecular weight excluding hydrogens is 304 g/mol. The number of hydrogen-bond acceptors (Lipinski definition) is 4. The second kappa shape index (κ2) is 4.90. The molecule has 2 bridgehead atoms. The van der Waals surface area contributed by atoms with Gasteiger partial charge in [-0.25, -0.2) is 0 Å². The van der Waals surface area contributed by atoms with Crippen LogP contribution in [0.2, 0.25) is 0 Å². The van der Waals surface area contributed by atoms with Crippen LogP contribution in [0.5, 0.6) is 0 Å². The van der Waals surface area contributed by atoms with E-state index in [2.05, 4.69) is 13.8 Å². The van der Waals surface area contributed by atoms with Gasteiger partial charge in [-0.2, -0.15) is 0 Å². The van der Waals surface area contributed by atoms with E-state index < -0.39 is 22.4 Å². The number of aliphatic hydroxyl groups is 1. The zero-order valence-electron chi connectivity index (χ0n) is 15.2. The molecule has 24 heavy (non-hydrogen) atoms. The van der Waals surface area contributed by atoms with Gasteiger partial charge in [0.25, 0.3) is 0 Å². The molecule has 3 aliphatic rings. The molecule has 1 N–H and O–H groups in total. The highest BCUT2D eigenvalue weighted by Gasteiger charge is 2.75. The lowest BCUT2D eigenvalue weighted by Crippen LogP contribution is -2.49. The Labute approximate surface area is 143 Å². The number of carbonyl (C=O) groups is 3. The van der Waals surface area contributed by atoms with Crippen LogP contribution in [0.4, 0.5) is 0 Å². The van der Waals surface area contributed by atoms with Gasteiger partial charge in [0.05, 0.1) is 16.4 Å². The van der Waals surface area contributed by atoms with Crippen molar-refractivity contribution in [1.82, 2.24) is 0 Å². The Morgan fingerprint density at radius 1 is 1.21 bits per heavy atom. The van der Waals surface area contributed by atoms with Gasteiger partial charge in [0.2, 0.25) is 0 Å². The molecule has 4 nitrogen and oxygen atoms in total. The predicted octanol–water partition coefficient (Wildman–Crippen LogP) is 3.71. The topological polar surface area (TPSA) is 71.4 Å². The maximum absolute atomic E-state index is 13.4. The van der Waals surface area contributed by atoms with Crippen molar-refractivity contribution < 1.29 is 19.5 Å². The summed E-state index contributed by atoms with van der Waals surface area (Å²) in [6.45, 7) is 9.37. The highest BCUT2D eigenvalue weighted by Crippen LogP contribution is 2.70. The van der Waals surface area contributed by atoms with Crippen LogP contribution in [0.3, 0.4) is 0 Å². The second-order valence-electron chi connectivity index (χ2n) is 8.72. The number of allylic oxidation sites excluding steroid dienone is 4. The van der Waals surface area contributed by atoms with Crippen LogP contribution in [0, 0.1) is 22.2 Å². The Hall–Kier alpha value is -1.71. The fraction of sp³-hybridized carbons (Fsp3) is 0.650. The summed E-state index contributed by atoms with van der Waals surface area (Å²) in [6.07, 6.45) is 4.03. The van der Waals surface area contributed by atoms with Gasteiger partial charge in [-0.15, -0.1) is 0 Å². The third-order valence-electron chi connectivity index (χ3n) is 6.63. The molecule has 3 atom stereocenters. The number of ketones is 3. The third-order valence-corrected chi connectivity index (χ3v) is 6.63. The maximum Gasteiger partial charge on any atom is 0.183 e. The van der Waals surface area contributed by atoms with E-state index in [1.54, 1.807) is 0 Å². The molecule has 2 saturated carbocycles. The molecule has 0 aromatic heterocycles. The molecule has 3 rings (SSSR count). The van der Waals surface area contributed by atoms with E-state index in [1.807, 2.05) is 19.9 Å². The maximum atomic E-state index is 13.4. The zero-order chi connectivity index (χ0) is 18.1. The van der Waals surface area contributed by atoms with E-state index in [1.165, 1.54) is 6.92 Å². The van der Waals surface area contributed by atoms with Gasteiger partial charge in [0.1, 0.15) is 5.76 Å². The van der Waals surface area contributed by atoms with Crippen molar-refractivity contribution in [2.45, 2.75) is 60.3 Å². The van der Waals surface area contributed by atoms with Gasteiger partial charge in [-0.3, -0.25) is 14.4 Å². The van der Waals surface area contributed by atoms with E-state index in [9.17, 15) is 19.5 Å². The number of rotatable bonds is 3. The Morgan fingerprint density at radius 3 is 2.38 bits per heavy atom. The Bertz CT molecular complexity index is 720. The third kappa shape index (κ3) is 1.83. The van der Waals surface area contributed by atoms with E-state index in [-0.39, 0.29) is 28.4 Å². The average molecular weight is 330 g/mol. The summed E-state index contributed by atoms with van der Waals surface area (Å²) >= 11 is 0. The van der Waals surface area contributed by atoms with E-state index in [0.29, 0.717) is 19.3 Å². The van der Waals surface area contributed by atoms with Crippen LogP contribution >= 0.6 is 0 Å². The van der Waals surface area contributed by atoms with Gasteiger partial charge in [-0.1, -0.05) is 25.5 Å². The first-order chi connectivity index (χ1) is 11.0. The van der Waals surface area contributed by atoms with Gasteiger partial charge in [0.15, 0.2) is 17.3 Å². The summed E-state index contributed by atoms with van der Waals surface area (Å²) in [7, 11) is 0. The van der Waals surface area contributed by atoms with E-state index >= 15 is 0 Å². The predicted molar refractivity (Wildman–Crippen MR) is 90.4 cm³/mol. The Morgan fingerprint density at radius 2 is 1.83 bits per heavy atom. The fourth-order valence-corrected chi connectivity index (χ4v) is 5.25. The number of fused-ring (bicyclic) bond motifs is 1. The van der Waals surface area contributed by atoms with Crippen LogP contribution in [-0.2, 0) is 14.4 Å². The lowest BCUT2D eigenvalue weighted by Gasteiger charge is -2.36. The van der Waals surface area contributed by atoms with Crippen molar-refractivity contribution in [2.75, 3.05) is 0 Å². The molecule has 3 aliphatic carbocycles. The summed E-state index contributed by atoms with van der Waals surface area (Å²) in [5.41, 5.74) is -1.43. The minimum atomic E-state index is -1.10. The molecule has 0 radical (unpaired) electrons. The Balaban J connectivity index is 2.27. The number of Topliss-reactive ketones (excluding diaryl/α,β-unsaturated/α-hetero) is 3. The highest BCUT2D eigenvalue weighted by atomic mass is 16.3. The van der Waals surface area contributed by atoms with Gasteiger partial charge >= 0.3 is 0 Å². The molecule has 0 aromatic carbocycles. The molecule has 4 heteroatoms. The lowest BCUT2D eigenvalue weighted by atomic mass is 9.63. The van der Waals surface area contributed by atoms with Gasteiger partial charge in [-0.05, 0) is 57.8 Å². The number of aliphatic hydroxyl groups excluding tert-OH is 1. The molecule has 0 aliphatic heterocycles. The van der Waals surface area contributed by atoms with E-state index in [0.717, 1.165) is 12.0 Å². The van der Waals surface area contributed by atoms with Crippen molar-refractivity contribution in [3.63, 3.8) is 0 Å². The van der Waals surface area contributed by atoms with Crippen LogP contribution in [0.25, 0.3) is 0 Å². The van der Waals surface area contributed by atoms with Crippen molar-refractivity contribution in [3.05, 3.63) is 23.0 Å². The molecule has 0 heterocycles. The minimum absolute atomic E-state index is 0.116. The first kappa shape index (κ1) is 17.1. The van der Waals surface area contributed by atoms with Crippen LogP contribution in [0.15, 0.2) is 23.0 Å². The van der Waals surface area contributed by atoms with Crippen molar-refractivity contribution in [3.8, 4) is 0 Å². The highest BCUT2D eigenvalue weighted by molar-refractivity contribution is 6.31. The van der Waals surface area contributed by atoms with Crippen LogP contribution < -0.4 is 0 Å². The minimum Gasteiger partial charge on any atom is -0.510 e. The zero-order valence-corrected chi connectivity index (χ0v) is 15.2. The normalized spacial score (nSPS) is 36.8. The van der Waals surface area contributed by atoms with Crippen molar-refractivity contribution in [2.24, 2.45) is 22.2 Å². The molecule has 0 aromatic rings. The van der Waals surface area contributed by atoms with Crippen molar-refractivity contribution in [1.29, 1.82) is 0 Å². The largest absolute Gasteiger partial charge is 0.510 e. The molecule has 130 valence electrons. The van der Waals surface area contributed by atoms with E-state index in [4.69, 9.17) is 0 Å². The first-order valence-electron chi connectivity index (χ1n) is 8.68. The summed E-state index contributed by atoms with van der Waals surface area (Å²) < 4.78 is 0. The number of carbonyl (C=O) groups excluding carboxylic acids is 3. The summed E-state index contributed by atoms with van der Waals surface area (Å²) in [5, 5.41) is 10.8. The molecule has 1 spiro atoms. The van der Waals surface area contributed by atoms with Gasteiger partial charge < -0.3 is 5.11 Å². The standard InChI is InChI=1S/C20H26O4/c1-11(2)6-7-19-10-13-18(4,5)8-9-20(13,17(19)24)16(23)14(12(3)21)15(19)22/h6,13,22H,7-10H2,1-5H3/t13-,19-,20+/m0/s1. The number of hydrogen-bond donors (Lipinski definition) is 1. The fourth-order valence-electron chi connectivity index (χ4n) is 5.25. The quantitative estimate of drug-likeness (QED) is 0.486. The molecule has 2 fully saturated rings. The molecule has 0 amide bonds. The molecule has 0 unspecified atom stereocenters. The monoisotopic (exact) mass is 330 g/mol. The second-order valence-corrected chi connectivity index (χ2v) is 8.72. The Kier molecular flexibility index (Phi) is 3.50. The average Bonchev–Trinajstić information content (AvgIpc) is 2.85. The van der Waals surface area contributed by atoms with Crippen molar-refractivity contribution >= 4 is 17.3 Å². The molecular formula is C20H26O4. The van der Waals surface area contributed by atoms with Crippen LogP contribution in [-0.4, -0.2) is 22.5 Å². The summed E-state index contributed by atoms with van der Waals surface area (Å²) in [4.78, 5) is 38.7. The summed E-state index contributed by atoms with van der Waals surface area (Å²) in [5.74, 6) is -1.42. The molecule has 0 saturated heterocycles. The SMILES string of the molecule is CC(=O)C1=C(O)[C@]2(CC=C(C)C)C[C@H]3C(C)(C)CC[C@@]3(C1=O)C2=O. The smallest absolute Gasteiger partial charge is 0.183 e. The first-order valence-corrected chi connectivity index (χ1v) is 8.68. The van der Waals surface area contributed by atoms with Crippen LogP contribution in [0.1, 0.15) is 60.3 Å². The summed E-state index contributed by atoms with van der Waals surface area (Å²) in [6, 6.07) is 0. The van der Waals surface area contributed by atoms with Gasteiger partial charge in [0, 0.05) is 0 Å². The lowest BCUT2D eigenvalue weighted by molar-refractivity contribution is -0.144.